The molecule has 2 saturated heterocycles. The molecule has 1 aromatic rings. The number of rotatable bonds is 2. The van der Waals surface area contributed by atoms with Gasteiger partial charge in [-0.25, -0.2) is 0 Å². The zero-order chi connectivity index (χ0) is 12.0. The van der Waals surface area contributed by atoms with E-state index in [9.17, 15) is 4.79 Å². The lowest BCUT2D eigenvalue weighted by Crippen LogP contribution is -2.41. The topological polar surface area (TPSA) is 20.3 Å². The molecule has 0 aromatic carbocycles. The maximum atomic E-state index is 12.4. The van der Waals surface area contributed by atoms with Crippen molar-refractivity contribution < 1.29 is 4.79 Å². The summed E-state index contributed by atoms with van der Waals surface area (Å²) >= 11 is 7.31. The first-order valence-corrected chi connectivity index (χ1v) is 7.36. The Morgan fingerprint density at radius 1 is 1.35 bits per heavy atom. The molecule has 0 amide bonds. The molecule has 2 nitrogen and oxygen atoms in total. The van der Waals surface area contributed by atoms with E-state index in [1.807, 2.05) is 12.1 Å². The summed E-state index contributed by atoms with van der Waals surface area (Å²) in [5.41, 5.74) is 0. The molecule has 0 aliphatic carbocycles. The molecule has 2 fully saturated rings. The van der Waals surface area contributed by atoms with Crippen molar-refractivity contribution in [2.45, 2.75) is 37.8 Å². The van der Waals surface area contributed by atoms with Crippen molar-refractivity contribution in [1.29, 1.82) is 0 Å². The Kier molecular flexibility index (Phi) is 3.01. The normalized spacial score (nSPS) is 32.9. The minimum absolute atomic E-state index is 0.221. The maximum Gasteiger partial charge on any atom is 0.176 e. The summed E-state index contributed by atoms with van der Waals surface area (Å²) in [5.74, 6) is 0.533. The van der Waals surface area contributed by atoms with E-state index in [0.29, 0.717) is 22.2 Å². The Balaban J connectivity index is 1.76. The molecule has 2 atom stereocenters. The molecule has 92 valence electrons. The summed E-state index contributed by atoms with van der Waals surface area (Å²) in [6, 6.07) is 4.94. The molecule has 0 spiro atoms. The lowest BCUT2D eigenvalue weighted by Gasteiger charge is -2.35. The van der Waals surface area contributed by atoms with Crippen molar-refractivity contribution in [2.24, 2.45) is 5.92 Å². The van der Waals surface area contributed by atoms with Crippen molar-refractivity contribution in [3.05, 3.63) is 21.3 Å². The number of thiophene rings is 1. The summed E-state index contributed by atoms with van der Waals surface area (Å²) in [6.45, 7) is 0. The second-order valence-corrected chi connectivity index (χ2v) is 6.90. The van der Waals surface area contributed by atoms with Gasteiger partial charge >= 0.3 is 0 Å². The van der Waals surface area contributed by atoms with E-state index in [1.165, 1.54) is 24.2 Å². The monoisotopic (exact) mass is 269 g/mol. The SMILES string of the molecule is CN1C2CCC1CC(C(=O)c1ccc(Cl)s1)C2. The van der Waals surface area contributed by atoms with Crippen LogP contribution in [0.25, 0.3) is 0 Å². The van der Waals surface area contributed by atoms with E-state index in [0.717, 1.165) is 17.7 Å². The quantitative estimate of drug-likeness (QED) is 0.767. The van der Waals surface area contributed by atoms with Crippen LogP contribution in [0.5, 0.6) is 0 Å². The van der Waals surface area contributed by atoms with Crippen LogP contribution in [0.4, 0.5) is 0 Å². The second-order valence-electron chi connectivity index (χ2n) is 5.19. The highest BCUT2D eigenvalue weighted by Crippen LogP contribution is 2.39. The summed E-state index contributed by atoms with van der Waals surface area (Å²) in [4.78, 5) is 15.7. The van der Waals surface area contributed by atoms with Gasteiger partial charge in [0.15, 0.2) is 5.78 Å². The van der Waals surface area contributed by atoms with Crippen LogP contribution in [0.1, 0.15) is 35.4 Å². The number of carbonyl (C=O) groups is 1. The molecule has 2 unspecified atom stereocenters. The first kappa shape index (κ1) is 11.7. The second kappa shape index (κ2) is 4.38. The molecule has 0 N–H and O–H groups in total. The van der Waals surface area contributed by atoms with Gasteiger partial charge in [0.1, 0.15) is 0 Å². The van der Waals surface area contributed by atoms with Crippen molar-refractivity contribution in [3.8, 4) is 0 Å². The van der Waals surface area contributed by atoms with Crippen LogP contribution >= 0.6 is 22.9 Å². The summed E-state index contributed by atoms with van der Waals surface area (Å²) < 4.78 is 0.712. The third-order valence-corrected chi connectivity index (χ3v) is 5.53. The average Bonchev–Trinajstić information content (AvgIpc) is 2.79. The molecule has 2 bridgehead atoms. The Bertz CT molecular complexity index is 430. The number of nitrogens with zero attached hydrogens (tertiary/aromatic N) is 1. The van der Waals surface area contributed by atoms with Crippen LogP contribution in [-0.2, 0) is 0 Å². The number of carbonyl (C=O) groups excluding carboxylic acids is 1. The van der Waals surface area contributed by atoms with Gasteiger partial charge in [0.25, 0.3) is 0 Å². The molecule has 0 radical (unpaired) electrons. The Morgan fingerprint density at radius 2 is 2.00 bits per heavy atom. The lowest BCUT2D eigenvalue weighted by atomic mass is 9.87. The molecule has 3 rings (SSSR count). The largest absolute Gasteiger partial charge is 0.300 e. The highest BCUT2D eigenvalue weighted by molar-refractivity contribution is 7.18. The van der Waals surface area contributed by atoms with Gasteiger partial charge in [-0.15, -0.1) is 11.3 Å². The minimum Gasteiger partial charge on any atom is -0.300 e. The molecular weight excluding hydrogens is 254 g/mol. The highest BCUT2D eigenvalue weighted by Gasteiger charge is 2.41. The van der Waals surface area contributed by atoms with Gasteiger partial charge in [0, 0.05) is 18.0 Å². The van der Waals surface area contributed by atoms with Crippen LogP contribution in [0.15, 0.2) is 12.1 Å². The molecule has 3 heterocycles. The number of ketones is 1. The number of piperidine rings is 1. The van der Waals surface area contributed by atoms with Gasteiger partial charge in [-0.2, -0.15) is 0 Å². The maximum absolute atomic E-state index is 12.4. The van der Waals surface area contributed by atoms with Gasteiger partial charge < -0.3 is 4.90 Å². The molecule has 4 heteroatoms. The van der Waals surface area contributed by atoms with E-state index in [2.05, 4.69) is 11.9 Å². The van der Waals surface area contributed by atoms with E-state index in [1.54, 1.807) is 0 Å². The van der Waals surface area contributed by atoms with Crippen molar-refractivity contribution in [3.63, 3.8) is 0 Å². The van der Waals surface area contributed by atoms with Crippen molar-refractivity contribution >= 4 is 28.7 Å². The van der Waals surface area contributed by atoms with E-state index < -0.39 is 0 Å². The van der Waals surface area contributed by atoms with Gasteiger partial charge in [-0.3, -0.25) is 4.79 Å². The Labute approximate surface area is 111 Å². The van der Waals surface area contributed by atoms with Crippen molar-refractivity contribution in [1.82, 2.24) is 4.90 Å². The van der Waals surface area contributed by atoms with E-state index >= 15 is 0 Å². The van der Waals surface area contributed by atoms with Crippen LogP contribution < -0.4 is 0 Å². The van der Waals surface area contributed by atoms with Gasteiger partial charge in [0.05, 0.1) is 9.21 Å². The summed E-state index contributed by atoms with van der Waals surface area (Å²) in [6.07, 6.45) is 4.58. The average molecular weight is 270 g/mol. The number of Topliss-reactive ketones (excluding diaryl/α,β-unsaturated/α-hetero) is 1. The number of hydrogen-bond acceptors (Lipinski definition) is 3. The zero-order valence-corrected chi connectivity index (χ0v) is 11.4. The lowest BCUT2D eigenvalue weighted by molar-refractivity contribution is 0.0771. The fourth-order valence-corrected chi connectivity index (χ4v) is 4.34. The summed E-state index contributed by atoms with van der Waals surface area (Å²) in [7, 11) is 2.20. The third kappa shape index (κ3) is 2.05. The Morgan fingerprint density at radius 3 is 2.53 bits per heavy atom. The van der Waals surface area contributed by atoms with Gasteiger partial charge in [-0.1, -0.05) is 11.6 Å². The smallest absolute Gasteiger partial charge is 0.176 e. The van der Waals surface area contributed by atoms with Crippen molar-refractivity contribution in [2.75, 3.05) is 7.05 Å². The zero-order valence-electron chi connectivity index (χ0n) is 9.86. The first-order chi connectivity index (χ1) is 8.15. The molecule has 2 aliphatic heterocycles. The van der Waals surface area contributed by atoms with E-state index in [-0.39, 0.29) is 5.92 Å². The number of halogens is 1. The molecular formula is C13H16ClNOS. The standard InChI is InChI=1S/C13H16ClNOS/c1-15-9-2-3-10(15)7-8(6-9)13(16)11-4-5-12(14)17-11/h4-5,8-10H,2-3,6-7H2,1H3. The highest BCUT2D eigenvalue weighted by atomic mass is 35.5. The fourth-order valence-electron chi connectivity index (χ4n) is 3.27. The van der Waals surface area contributed by atoms with Crippen LogP contribution in [0.3, 0.4) is 0 Å². The Hall–Kier alpha value is -0.380. The van der Waals surface area contributed by atoms with Gasteiger partial charge in [-0.05, 0) is 44.9 Å². The number of fused-ring (bicyclic) bond motifs is 2. The molecule has 17 heavy (non-hydrogen) atoms. The van der Waals surface area contributed by atoms with Gasteiger partial charge in [0.2, 0.25) is 0 Å². The molecule has 1 aromatic heterocycles. The van der Waals surface area contributed by atoms with Crippen LogP contribution in [0.2, 0.25) is 4.34 Å². The van der Waals surface area contributed by atoms with Crippen LogP contribution in [-0.4, -0.2) is 29.8 Å². The summed E-state index contributed by atoms with van der Waals surface area (Å²) in [5, 5.41) is 0. The molecule has 0 saturated carbocycles. The van der Waals surface area contributed by atoms with E-state index in [4.69, 9.17) is 11.6 Å². The first-order valence-electron chi connectivity index (χ1n) is 6.16. The molecule has 2 aliphatic rings. The minimum atomic E-state index is 0.221. The predicted molar refractivity (Wildman–Crippen MR) is 71.0 cm³/mol. The third-order valence-electron chi connectivity index (χ3n) is 4.29. The predicted octanol–water partition coefficient (Wildman–Crippen LogP) is 3.46. The number of hydrogen-bond donors (Lipinski definition) is 0. The fraction of sp³-hybridized carbons (Fsp3) is 0.615. The van der Waals surface area contributed by atoms with Crippen LogP contribution in [0, 0.1) is 5.92 Å².